The molecule has 5 heteroatoms. The van der Waals surface area contributed by atoms with Gasteiger partial charge in [-0.05, 0) is 25.5 Å². The van der Waals surface area contributed by atoms with E-state index in [1.54, 1.807) is 13.1 Å². The molecule has 1 N–H and O–H groups in total. The predicted octanol–water partition coefficient (Wildman–Crippen LogP) is 2.78. The Labute approximate surface area is 111 Å². The van der Waals surface area contributed by atoms with Gasteiger partial charge in [-0.3, -0.25) is 10.1 Å². The van der Waals surface area contributed by atoms with Gasteiger partial charge in [-0.2, -0.15) is 0 Å². The standard InChI is InChI=1S/C14H16N2O3/c1-11-10-15-14(19-11)16-13(17)8-5-9-18-12-6-3-2-4-7-12/h2-4,6-7,10H,5,8-9H2,1H3,(H,15,16,17). The number of nitrogens with zero attached hydrogens (tertiary/aromatic N) is 1. The second-order valence-corrected chi connectivity index (χ2v) is 4.09. The molecule has 0 fully saturated rings. The van der Waals surface area contributed by atoms with Crippen molar-refractivity contribution >= 4 is 11.9 Å². The van der Waals surface area contributed by atoms with Crippen molar-refractivity contribution in [2.75, 3.05) is 11.9 Å². The molecule has 0 atom stereocenters. The summed E-state index contributed by atoms with van der Waals surface area (Å²) in [4.78, 5) is 15.5. The van der Waals surface area contributed by atoms with E-state index in [2.05, 4.69) is 10.3 Å². The number of aryl methyl sites for hydroxylation is 1. The normalized spacial score (nSPS) is 10.2. The number of carbonyl (C=O) groups is 1. The van der Waals surface area contributed by atoms with Crippen molar-refractivity contribution in [3.8, 4) is 5.75 Å². The molecule has 1 amide bonds. The van der Waals surface area contributed by atoms with Crippen LogP contribution >= 0.6 is 0 Å². The molecule has 0 radical (unpaired) electrons. The summed E-state index contributed by atoms with van der Waals surface area (Å²) >= 11 is 0. The Hall–Kier alpha value is -2.30. The van der Waals surface area contributed by atoms with Crippen LogP contribution in [0.3, 0.4) is 0 Å². The average Bonchev–Trinajstić information content (AvgIpc) is 2.81. The van der Waals surface area contributed by atoms with Gasteiger partial charge < -0.3 is 9.15 Å². The quantitative estimate of drug-likeness (QED) is 0.811. The van der Waals surface area contributed by atoms with Gasteiger partial charge >= 0.3 is 6.01 Å². The third kappa shape index (κ3) is 4.46. The minimum atomic E-state index is -0.126. The third-order valence-electron chi connectivity index (χ3n) is 2.43. The SMILES string of the molecule is Cc1cnc(NC(=O)CCCOc2ccccc2)o1. The summed E-state index contributed by atoms with van der Waals surface area (Å²) < 4.78 is 10.6. The molecule has 0 unspecified atom stereocenters. The minimum Gasteiger partial charge on any atom is -0.494 e. The molecule has 2 rings (SSSR count). The lowest BCUT2D eigenvalue weighted by Gasteiger charge is -2.05. The first-order valence-electron chi connectivity index (χ1n) is 6.14. The van der Waals surface area contributed by atoms with Crippen molar-refractivity contribution in [3.05, 3.63) is 42.3 Å². The van der Waals surface area contributed by atoms with Crippen LogP contribution in [-0.2, 0) is 4.79 Å². The van der Waals surface area contributed by atoms with E-state index < -0.39 is 0 Å². The van der Waals surface area contributed by atoms with Crippen LogP contribution in [0.4, 0.5) is 6.01 Å². The summed E-state index contributed by atoms with van der Waals surface area (Å²) in [6, 6.07) is 9.76. The Morgan fingerprint density at radius 2 is 2.16 bits per heavy atom. The summed E-state index contributed by atoms with van der Waals surface area (Å²) in [5.41, 5.74) is 0. The molecule has 0 bridgehead atoms. The van der Waals surface area contributed by atoms with E-state index in [1.165, 1.54) is 0 Å². The second-order valence-electron chi connectivity index (χ2n) is 4.09. The smallest absolute Gasteiger partial charge is 0.301 e. The molecule has 19 heavy (non-hydrogen) atoms. The van der Waals surface area contributed by atoms with Crippen LogP contribution in [0.15, 0.2) is 40.9 Å². The number of anilines is 1. The van der Waals surface area contributed by atoms with Crippen LogP contribution in [0.25, 0.3) is 0 Å². The maximum absolute atomic E-state index is 11.6. The fourth-order valence-electron chi connectivity index (χ4n) is 1.53. The maximum atomic E-state index is 11.6. The number of nitrogens with one attached hydrogen (secondary N) is 1. The topological polar surface area (TPSA) is 64.4 Å². The average molecular weight is 260 g/mol. The number of hydrogen-bond acceptors (Lipinski definition) is 4. The Bertz CT molecular complexity index is 522. The minimum absolute atomic E-state index is 0.126. The van der Waals surface area contributed by atoms with Crippen molar-refractivity contribution < 1.29 is 13.9 Å². The lowest BCUT2D eigenvalue weighted by atomic mass is 10.3. The lowest BCUT2D eigenvalue weighted by molar-refractivity contribution is -0.116. The molecule has 0 spiro atoms. The summed E-state index contributed by atoms with van der Waals surface area (Å²) in [6.45, 7) is 2.28. The Morgan fingerprint density at radius 3 is 2.84 bits per heavy atom. The van der Waals surface area contributed by atoms with Crippen LogP contribution in [0.5, 0.6) is 5.75 Å². The predicted molar refractivity (Wildman–Crippen MR) is 71.0 cm³/mol. The Balaban J connectivity index is 1.64. The first-order chi connectivity index (χ1) is 9.24. The zero-order chi connectivity index (χ0) is 13.5. The van der Waals surface area contributed by atoms with Crippen molar-refractivity contribution in [2.45, 2.75) is 19.8 Å². The van der Waals surface area contributed by atoms with Gasteiger partial charge in [0.25, 0.3) is 0 Å². The number of benzene rings is 1. The van der Waals surface area contributed by atoms with Crippen LogP contribution in [0, 0.1) is 6.92 Å². The van der Waals surface area contributed by atoms with Crippen molar-refractivity contribution in [1.82, 2.24) is 4.98 Å². The highest BCUT2D eigenvalue weighted by atomic mass is 16.5. The highest BCUT2D eigenvalue weighted by Crippen LogP contribution is 2.10. The zero-order valence-corrected chi connectivity index (χ0v) is 10.8. The molecule has 0 aliphatic carbocycles. The summed E-state index contributed by atoms with van der Waals surface area (Å²) in [5.74, 6) is 1.35. The highest BCUT2D eigenvalue weighted by Gasteiger charge is 2.06. The molecule has 1 aromatic carbocycles. The van der Waals surface area contributed by atoms with Crippen LogP contribution < -0.4 is 10.1 Å². The number of hydrogen-bond donors (Lipinski definition) is 1. The van der Waals surface area contributed by atoms with Gasteiger partial charge in [0.2, 0.25) is 5.91 Å². The zero-order valence-electron chi connectivity index (χ0n) is 10.8. The Kier molecular flexibility index (Phi) is 4.55. The number of ether oxygens (including phenoxy) is 1. The Morgan fingerprint density at radius 1 is 1.37 bits per heavy atom. The van der Waals surface area contributed by atoms with Gasteiger partial charge in [0.05, 0.1) is 12.8 Å². The van der Waals surface area contributed by atoms with E-state index in [0.29, 0.717) is 25.2 Å². The summed E-state index contributed by atoms with van der Waals surface area (Å²) in [7, 11) is 0. The first-order valence-corrected chi connectivity index (χ1v) is 6.14. The van der Waals surface area contributed by atoms with E-state index in [-0.39, 0.29) is 11.9 Å². The number of para-hydroxylation sites is 1. The first kappa shape index (κ1) is 13.1. The van der Waals surface area contributed by atoms with Gasteiger partial charge in [0, 0.05) is 6.42 Å². The number of rotatable bonds is 6. The van der Waals surface area contributed by atoms with E-state index in [4.69, 9.17) is 9.15 Å². The van der Waals surface area contributed by atoms with Gasteiger partial charge in [-0.1, -0.05) is 18.2 Å². The number of carbonyl (C=O) groups excluding carboxylic acids is 1. The molecule has 0 saturated carbocycles. The maximum Gasteiger partial charge on any atom is 0.301 e. The third-order valence-corrected chi connectivity index (χ3v) is 2.43. The molecule has 0 aliphatic heterocycles. The van der Waals surface area contributed by atoms with Gasteiger partial charge in [-0.15, -0.1) is 0 Å². The number of aromatic nitrogens is 1. The molecule has 1 heterocycles. The molecule has 100 valence electrons. The fourth-order valence-corrected chi connectivity index (χ4v) is 1.53. The number of oxazole rings is 1. The van der Waals surface area contributed by atoms with Crippen LogP contribution in [0.1, 0.15) is 18.6 Å². The number of amides is 1. The van der Waals surface area contributed by atoms with Crippen LogP contribution in [-0.4, -0.2) is 17.5 Å². The molecule has 0 saturated heterocycles. The van der Waals surface area contributed by atoms with Crippen molar-refractivity contribution in [2.24, 2.45) is 0 Å². The van der Waals surface area contributed by atoms with E-state index in [1.807, 2.05) is 30.3 Å². The van der Waals surface area contributed by atoms with Crippen molar-refractivity contribution in [3.63, 3.8) is 0 Å². The van der Waals surface area contributed by atoms with E-state index in [9.17, 15) is 4.79 Å². The summed E-state index contributed by atoms with van der Waals surface area (Å²) in [6.07, 6.45) is 2.57. The molecule has 2 aromatic rings. The van der Waals surface area contributed by atoms with Gasteiger partial charge in [0.15, 0.2) is 0 Å². The van der Waals surface area contributed by atoms with E-state index in [0.717, 1.165) is 5.75 Å². The van der Waals surface area contributed by atoms with Gasteiger partial charge in [0.1, 0.15) is 11.5 Å². The summed E-state index contributed by atoms with van der Waals surface area (Å²) in [5, 5.41) is 2.59. The van der Waals surface area contributed by atoms with E-state index >= 15 is 0 Å². The fraction of sp³-hybridized carbons (Fsp3) is 0.286. The highest BCUT2D eigenvalue weighted by molar-refractivity contribution is 5.88. The monoisotopic (exact) mass is 260 g/mol. The largest absolute Gasteiger partial charge is 0.494 e. The molecule has 5 nitrogen and oxygen atoms in total. The van der Waals surface area contributed by atoms with Crippen LogP contribution in [0.2, 0.25) is 0 Å². The molecular formula is C14H16N2O3. The molecule has 0 aliphatic rings. The second kappa shape index (κ2) is 6.58. The molecular weight excluding hydrogens is 244 g/mol. The van der Waals surface area contributed by atoms with Crippen molar-refractivity contribution in [1.29, 1.82) is 0 Å². The molecule has 1 aromatic heterocycles. The van der Waals surface area contributed by atoms with Gasteiger partial charge in [-0.25, -0.2) is 4.98 Å². The lowest BCUT2D eigenvalue weighted by Crippen LogP contribution is -2.12.